The summed E-state index contributed by atoms with van der Waals surface area (Å²) in [5.41, 5.74) is 3.23. The van der Waals surface area contributed by atoms with E-state index >= 15 is 0 Å². The van der Waals surface area contributed by atoms with E-state index in [4.69, 9.17) is 23.9 Å². The minimum Gasteiger partial charge on any atom is -0.471 e. The van der Waals surface area contributed by atoms with Crippen molar-refractivity contribution in [2.75, 3.05) is 35.3 Å². The lowest BCUT2D eigenvalue weighted by molar-refractivity contribution is 0.0978. The average molecular weight is 477 g/mol. The Morgan fingerprint density at radius 2 is 1.94 bits per heavy atom. The van der Waals surface area contributed by atoms with E-state index in [0.717, 1.165) is 49.2 Å². The van der Waals surface area contributed by atoms with Crippen molar-refractivity contribution < 1.29 is 18.7 Å². The maximum atomic E-state index is 12.2. The summed E-state index contributed by atoms with van der Waals surface area (Å²) < 4.78 is 17.2. The number of ether oxygens (including phenoxy) is 2. The highest BCUT2D eigenvalue weighted by molar-refractivity contribution is 5.98. The first-order valence-corrected chi connectivity index (χ1v) is 12.0. The van der Waals surface area contributed by atoms with Gasteiger partial charge in [-0.25, -0.2) is 9.78 Å². The molecule has 1 unspecified atom stereocenters. The molecule has 3 aliphatic rings. The number of hydrogen-bond acceptors (Lipinski definition) is 8. The lowest BCUT2D eigenvalue weighted by Crippen LogP contribution is -2.45. The van der Waals surface area contributed by atoms with E-state index in [0.29, 0.717) is 36.3 Å². The summed E-state index contributed by atoms with van der Waals surface area (Å²) in [6.07, 6.45) is 5.60. The fraction of sp³-hybridized carbons (Fsp3) is 0.440. The number of nitrogens with one attached hydrogen (secondary N) is 2. The summed E-state index contributed by atoms with van der Waals surface area (Å²) >= 11 is 0. The van der Waals surface area contributed by atoms with E-state index in [1.54, 1.807) is 6.92 Å². The van der Waals surface area contributed by atoms with Gasteiger partial charge in [0, 0.05) is 17.8 Å². The molecule has 2 fully saturated rings. The molecule has 1 saturated carbocycles. The second kappa shape index (κ2) is 8.53. The third-order valence-electron chi connectivity index (χ3n) is 6.78. The van der Waals surface area contributed by atoms with Crippen LogP contribution in [0.5, 0.6) is 5.88 Å². The molecular weight excluding hydrogens is 448 g/mol. The number of hydrogen-bond donors (Lipinski definition) is 2. The van der Waals surface area contributed by atoms with E-state index in [1.807, 2.05) is 24.3 Å². The monoisotopic (exact) mass is 476 g/mol. The number of benzene rings is 1. The number of carbonyl (C=O) groups is 1. The Kier molecular flexibility index (Phi) is 5.32. The molecular formula is C25H28N6O4. The molecule has 1 aromatic carbocycles. The number of urea groups is 1. The van der Waals surface area contributed by atoms with Crippen LogP contribution in [0.3, 0.4) is 0 Å². The standard InChI is InChI=1S/C25H28N6O4/c1-15-13-34-24(26-15)30-23(32)27-18-5-3-17(4-6-18)20-28-21(31-11-12-33-14-16(31)2)19-7-8-25(9-10-25)35-22(19)29-20/h3-6,13,16H,7-12,14H2,1-2H3,(H2,26,27,30,32). The molecule has 2 aliphatic heterocycles. The van der Waals surface area contributed by atoms with Gasteiger partial charge in [-0.3, -0.25) is 5.32 Å². The van der Waals surface area contributed by atoms with Crippen LogP contribution in [0.2, 0.25) is 0 Å². The molecule has 2 N–H and O–H groups in total. The topological polar surface area (TPSA) is 115 Å². The van der Waals surface area contributed by atoms with Crippen LogP contribution in [-0.2, 0) is 11.2 Å². The number of anilines is 3. The van der Waals surface area contributed by atoms with Gasteiger partial charge in [-0.05, 0) is 63.8 Å². The fourth-order valence-corrected chi connectivity index (χ4v) is 4.64. The van der Waals surface area contributed by atoms with Gasteiger partial charge in [-0.1, -0.05) is 0 Å². The zero-order chi connectivity index (χ0) is 24.0. The van der Waals surface area contributed by atoms with Crippen LogP contribution in [-0.4, -0.2) is 52.4 Å². The predicted molar refractivity (Wildman–Crippen MR) is 130 cm³/mol. The van der Waals surface area contributed by atoms with Crippen molar-refractivity contribution in [3.05, 3.63) is 41.8 Å². The molecule has 1 saturated heterocycles. The number of nitrogens with zero attached hydrogens (tertiary/aromatic N) is 4. The Morgan fingerprint density at radius 3 is 2.66 bits per heavy atom. The number of amides is 2. The smallest absolute Gasteiger partial charge is 0.327 e. The molecule has 182 valence electrons. The summed E-state index contributed by atoms with van der Waals surface area (Å²) in [6.45, 7) is 6.09. The molecule has 2 amide bonds. The van der Waals surface area contributed by atoms with Crippen molar-refractivity contribution in [2.24, 2.45) is 0 Å². The Morgan fingerprint density at radius 1 is 1.11 bits per heavy atom. The highest BCUT2D eigenvalue weighted by Crippen LogP contribution is 2.49. The number of aromatic nitrogens is 3. The van der Waals surface area contributed by atoms with Crippen LogP contribution in [0, 0.1) is 6.92 Å². The lowest BCUT2D eigenvalue weighted by Gasteiger charge is -2.37. The molecule has 2 aromatic heterocycles. The van der Waals surface area contributed by atoms with Crippen molar-refractivity contribution >= 4 is 23.6 Å². The van der Waals surface area contributed by atoms with Crippen molar-refractivity contribution in [3.8, 4) is 17.3 Å². The zero-order valence-electron chi connectivity index (χ0n) is 19.8. The molecule has 10 nitrogen and oxygen atoms in total. The second-order valence-corrected chi connectivity index (χ2v) is 9.51. The van der Waals surface area contributed by atoms with Crippen molar-refractivity contribution in [1.82, 2.24) is 15.0 Å². The van der Waals surface area contributed by atoms with Crippen molar-refractivity contribution in [1.29, 1.82) is 0 Å². The molecule has 0 bridgehead atoms. The highest BCUT2D eigenvalue weighted by Gasteiger charge is 2.49. The summed E-state index contributed by atoms with van der Waals surface area (Å²) in [5.74, 6) is 2.26. The van der Waals surface area contributed by atoms with Gasteiger partial charge in [0.15, 0.2) is 5.82 Å². The van der Waals surface area contributed by atoms with Crippen LogP contribution >= 0.6 is 0 Å². The number of morpholine rings is 1. The Bertz CT molecular complexity index is 1250. The average Bonchev–Trinajstić information content (AvgIpc) is 3.47. The third-order valence-corrected chi connectivity index (χ3v) is 6.78. The van der Waals surface area contributed by atoms with E-state index in [2.05, 4.69) is 27.4 Å². The van der Waals surface area contributed by atoms with Crippen molar-refractivity contribution in [3.63, 3.8) is 0 Å². The van der Waals surface area contributed by atoms with Gasteiger partial charge < -0.3 is 24.1 Å². The van der Waals surface area contributed by atoms with Gasteiger partial charge in [0.05, 0.1) is 30.5 Å². The summed E-state index contributed by atoms with van der Waals surface area (Å²) in [6, 6.07) is 7.38. The highest BCUT2D eigenvalue weighted by atomic mass is 16.5. The van der Waals surface area contributed by atoms with Gasteiger partial charge >= 0.3 is 12.0 Å². The molecule has 10 heteroatoms. The molecule has 1 atom stereocenters. The first-order valence-electron chi connectivity index (χ1n) is 12.0. The van der Waals surface area contributed by atoms with Gasteiger partial charge in [0.2, 0.25) is 5.88 Å². The van der Waals surface area contributed by atoms with Crippen LogP contribution < -0.4 is 20.3 Å². The minimum absolute atomic E-state index is 0.0327. The quantitative estimate of drug-likeness (QED) is 0.577. The van der Waals surface area contributed by atoms with Crippen LogP contribution in [0.1, 0.15) is 37.4 Å². The van der Waals surface area contributed by atoms with E-state index in [1.165, 1.54) is 6.26 Å². The second-order valence-electron chi connectivity index (χ2n) is 9.51. The molecule has 35 heavy (non-hydrogen) atoms. The maximum Gasteiger partial charge on any atom is 0.327 e. The first kappa shape index (κ1) is 21.8. The summed E-state index contributed by atoms with van der Waals surface area (Å²) in [4.78, 5) is 28.5. The molecule has 3 aromatic rings. The van der Waals surface area contributed by atoms with Gasteiger partial charge in [0.1, 0.15) is 17.7 Å². The maximum absolute atomic E-state index is 12.2. The molecule has 0 radical (unpaired) electrons. The number of fused-ring (bicyclic) bond motifs is 1. The summed E-state index contributed by atoms with van der Waals surface area (Å²) in [5, 5.41) is 5.35. The van der Waals surface area contributed by atoms with Gasteiger partial charge in [-0.2, -0.15) is 9.97 Å². The summed E-state index contributed by atoms with van der Waals surface area (Å²) in [7, 11) is 0. The molecule has 1 spiro atoms. The molecule has 1 aliphatic carbocycles. The van der Waals surface area contributed by atoms with E-state index in [-0.39, 0.29) is 17.7 Å². The number of carbonyl (C=O) groups excluding carboxylic acids is 1. The number of rotatable bonds is 4. The minimum atomic E-state index is -0.434. The van der Waals surface area contributed by atoms with E-state index < -0.39 is 6.03 Å². The Labute approximate surface area is 203 Å². The van der Waals surface area contributed by atoms with Crippen LogP contribution in [0.4, 0.5) is 22.3 Å². The van der Waals surface area contributed by atoms with E-state index in [9.17, 15) is 4.79 Å². The largest absolute Gasteiger partial charge is 0.471 e. The Balaban J connectivity index is 1.26. The molecule has 6 rings (SSSR count). The fourth-order valence-electron chi connectivity index (χ4n) is 4.64. The van der Waals surface area contributed by atoms with Gasteiger partial charge in [0.25, 0.3) is 0 Å². The number of oxazole rings is 1. The zero-order valence-corrected chi connectivity index (χ0v) is 19.8. The Hall–Kier alpha value is -3.66. The van der Waals surface area contributed by atoms with Crippen LogP contribution in [0.25, 0.3) is 11.4 Å². The SMILES string of the molecule is Cc1coc(NC(=O)Nc2ccc(-c3nc4c(c(N5CCOCC5C)n3)CCC3(CC3)O4)cc2)n1. The third kappa shape index (κ3) is 4.41. The normalized spacial score (nSPS) is 20.2. The predicted octanol–water partition coefficient (Wildman–Crippen LogP) is 4.17. The van der Waals surface area contributed by atoms with Gasteiger partial charge in [-0.15, -0.1) is 0 Å². The number of aryl methyl sites for hydroxylation is 1. The van der Waals surface area contributed by atoms with Crippen LogP contribution in [0.15, 0.2) is 34.9 Å². The van der Waals surface area contributed by atoms with Crippen molar-refractivity contribution in [2.45, 2.75) is 51.2 Å². The molecule has 4 heterocycles. The lowest BCUT2D eigenvalue weighted by atomic mass is 10.0. The first-order chi connectivity index (χ1) is 17.0.